The molecule has 0 saturated carbocycles. The summed E-state index contributed by atoms with van der Waals surface area (Å²) in [7, 11) is 1.26. The summed E-state index contributed by atoms with van der Waals surface area (Å²) in [4.78, 5) is 27.6. The topological polar surface area (TPSA) is 51.5 Å². The number of benzene rings is 2. The van der Waals surface area contributed by atoms with Crippen LogP contribution in [0.4, 0.5) is 5.69 Å². The zero-order valence-corrected chi connectivity index (χ0v) is 21.2. The van der Waals surface area contributed by atoms with Crippen LogP contribution in [0.3, 0.4) is 0 Å². The first-order valence-corrected chi connectivity index (χ1v) is 11.5. The Kier molecular flexibility index (Phi) is 6.63. The third kappa shape index (κ3) is 4.16. The average Bonchev–Trinajstić information content (AvgIpc) is 3.20. The molecule has 4 rings (SSSR count). The van der Waals surface area contributed by atoms with E-state index < -0.39 is 11.8 Å². The van der Waals surface area contributed by atoms with Crippen LogP contribution in [0.25, 0.3) is 11.8 Å². The quantitative estimate of drug-likeness (QED) is 0.215. The van der Waals surface area contributed by atoms with Gasteiger partial charge in [0, 0.05) is 32.8 Å². The van der Waals surface area contributed by atoms with E-state index in [1.807, 2.05) is 30.5 Å². The minimum atomic E-state index is -0.678. The van der Waals surface area contributed by atoms with Crippen molar-refractivity contribution < 1.29 is 14.3 Å². The van der Waals surface area contributed by atoms with E-state index in [2.05, 4.69) is 0 Å². The molecule has 34 heavy (non-hydrogen) atoms. The van der Waals surface area contributed by atoms with Gasteiger partial charge in [0.2, 0.25) is 5.78 Å². The Balaban J connectivity index is 1.88. The van der Waals surface area contributed by atoms with Crippen LogP contribution in [-0.2, 0) is 14.3 Å². The Bertz CT molecular complexity index is 1390. The number of Topliss-reactive ketones (excluding diaryl/α,β-unsaturated/α-hetero) is 1. The van der Waals surface area contributed by atoms with Crippen molar-refractivity contribution in [2.24, 2.45) is 0 Å². The third-order valence-corrected chi connectivity index (χ3v) is 6.58. The summed E-state index contributed by atoms with van der Waals surface area (Å²) in [5.74, 6) is -1.09. The fourth-order valence-corrected chi connectivity index (χ4v) is 4.82. The minimum absolute atomic E-state index is 0.00162. The highest BCUT2D eigenvalue weighted by Gasteiger charge is 2.38. The van der Waals surface area contributed by atoms with Crippen molar-refractivity contribution in [3.63, 3.8) is 0 Å². The number of esters is 1. The van der Waals surface area contributed by atoms with Gasteiger partial charge in [0.25, 0.3) is 0 Å². The number of rotatable bonds is 4. The Morgan fingerprint density at radius 3 is 2.21 bits per heavy atom. The zero-order chi connectivity index (χ0) is 24.7. The van der Waals surface area contributed by atoms with Gasteiger partial charge in [-0.15, -0.1) is 0 Å². The molecule has 0 fully saturated rings. The van der Waals surface area contributed by atoms with Crippen molar-refractivity contribution in [2.45, 2.75) is 20.8 Å². The van der Waals surface area contributed by atoms with Gasteiger partial charge in [0.15, 0.2) is 0 Å². The molecule has 0 saturated heterocycles. The molecule has 0 N–H and O–H groups in total. The molecule has 174 valence electrons. The summed E-state index contributed by atoms with van der Waals surface area (Å²) in [6, 6.07) is 14.3. The molecule has 0 spiro atoms. The number of halogens is 3. The number of aromatic nitrogens is 1. The number of nitrogens with zero attached hydrogens (tertiary/aromatic N) is 2. The van der Waals surface area contributed by atoms with E-state index in [4.69, 9.17) is 39.5 Å². The lowest BCUT2D eigenvalue weighted by atomic mass is 10.1. The number of allylic oxidation sites excluding steroid dienone is 2. The first-order chi connectivity index (χ1) is 16.1. The molecule has 0 unspecified atom stereocenters. The summed E-state index contributed by atoms with van der Waals surface area (Å²) >= 11 is 18.6. The Hall–Kier alpha value is -2.99. The van der Waals surface area contributed by atoms with Crippen LogP contribution < -0.4 is 4.90 Å². The van der Waals surface area contributed by atoms with Gasteiger partial charge in [-0.25, -0.2) is 4.79 Å². The lowest BCUT2D eigenvalue weighted by molar-refractivity contribution is -0.137. The predicted molar refractivity (Wildman–Crippen MR) is 137 cm³/mol. The van der Waals surface area contributed by atoms with Gasteiger partial charge in [-0.1, -0.05) is 34.8 Å². The summed E-state index contributed by atoms with van der Waals surface area (Å²) < 4.78 is 6.88. The molecule has 3 aromatic rings. The highest BCUT2D eigenvalue weighted by molar-refractivity contribution is 6.36. The molecule has 0 bridgehead atoms. The molecule has 5 nitrogen and oxygen atoms in total. The molecular formula is C26H21Cl3N2O3. The summed E-state index contributed by atoms with van der Waals surface area (Å²) in [6.07, 6.45) is 1.78. The van der Waals surface area contributed by atoms with E-state index in [-0.39, 0.29) is 5.57 Å². The maximum atomic E-state index is 13.4. The van der Waals surface area contributed by atoms with Gasteiger partial charge < -0.3 is 14.2 Å². The third-order valence-electron chi connectivity index (χ3n) is 5.79. The first kappa shape index (κ1) is 24.1. The molecule has 2 aromatic carbocycles. The fraction of sp³-hybridized carbons (Fsp3) is 0.154. The van der Waals surface area contributed by atoms with Crippen LogP contribution in [0.15, 0.2) is 65.5 Å². The number of ketones is 1. The van der Waals surface area contributed by atoms with Crippen molar-refractivity contribution in [3.8, 4) is 5.69 Å². The van der Waals surface area contributed by atoms with Crippen LogP contribution in [0.1, 0.15) is 23.9 Å². The number of anilines is 1. The number of carbonyl (C=O) groups excluding carboxylic acids is 2. The molecule has 0 atom stereocenters. The van der Waals surface area contributed by atoms with Gasteiger partial charge in [0.05, 0.1) is 23.5 Å². The van der Waals surface area contributed by atoms with E-state index >= 15 is 0 Å². The van der Waals surface area contributed by atoms with Crippen LogP contribution >= 0.6 is 34.8 Å². The van der Waals surface area contributed by atoms with Gasteiger partial charge in [-0.3, -0.25) is 4.79 Å². The highest BCUT2D eigenvalue weighted by Crippen LogP contribution is 2.37. The Labute approximate surface area is 212 Å². The second kappa shape index (κ2) is 9.34. The van der Waals surface area contributed by atoms with Gasteiger partial charge in [-0.2, -0.15) is 0 Å². The minimum Gasteiger partial charge on any atom is -0.465 e. The predicted octanol–water partition coefficient (Wildman–Crippen LogP) is 6.93. The van der Waals surface area contributed by atoms with E-state index in [0.717, 1.165) is 22.6 Å². The second-order valence-electron chi connectivity index (χ2n) is 7.88. The van der Waals surface area contributed by atoms with E-state index in [1.165, 1.54) is 7.11 Å². The molecule has 8 heteroatoms. The number of carbonyl (C=O) groups is 2. The molecule has 2 heterocycles. The van der Waals surface area contributed by atoms with Crippen molar-refractivity contribution >= 4 is 58.3 Å². The molecule has 1 aliphatic rings. The lowest BCUT2D eigenvalue weighted by Crippen LogP contribution is -2.18. The maximum Gasteiger partial charge on any atom is 0.343 e. The van der Waals surface area contributed by atoms with Crippen LogP contribution in [0, 0.1) is 13.8 Å². The zero-order valence-electron chi connectivity index (χ0n) is 18.9. The number of ether oxygens (including phenoxy) is 1. The average molecular weight is 516 g/mol. The van der Waals surface area contributed by atoms with Crippen molar-refractivity contribution in [3.05, 3.63) is 97.5 Å². The summed E-state index contributed by atoms with van der Waals surface area (Å²) in [6.45, 7) is 5.62. The maximum absolute atomic E-state index is 13.4. The monoisotopic (exact) mass is 514 g/mol. The Morgan fingerprint density at radius 2 is 1.59 bits per heavy atom. The normalized spacial score (nSPS) is 15.0. The lowest BCUT2D eigenvalue weighted by Gasteiger charge is -2.21. The fourth-order valence-electron chi connectivity index (χ4n) is 4.20. The van der Waals surface area contributed by atoms with Gasteiger partial charge in [0.1, 0.15) is 5.57 Å². The molecular weight excluding hydrogens is 495 g/mol. The largest absolute Gasteiger partial charge is 0.465 e. The number of hydrogen-bond donors (Lipinski definition) is 0. The highest BCUT2D eigenvalue weighted by atomic mass is 35.5. The van der Waals surface area contributed by atoms with Crippen molar-refractivity contribution in [1.82, 2.24) is 4.57 Å². The van der Waals surface area contributed by atoms with E-state index in [9.17, 15) is 9.59 Å². The van der Waals surface area contributed by atoms with Crippen molar-refractivity contribution in [1.29, 1.82) is 0 Å². The summed E-state index contributed by atoms with van der Waals surface area (Å²) in [5, 5.41) is 1.63. The van der Waals surface area contributed by atoms with Crippen molar-refractivity contribution in [2.75, 3.05) is 12.0 Å². The standard InChI is InChI=1S/C26H21Cl3N2O3/c1-14-11-17(15(2)30(14)22-10-7-19(28)13-21(22)29)12-23-25(32)24(26(33)34-4)16(3)31(23)20-8-5-18(27)6-9-20/h5-13H,1-4H3/b23-12+. The number of aryl methyl sites for hydroxylation is 1. The molecule has 0 radical (unpaired) electrons. The first-order valence-electron chi connectivity index (χ1n) is 10.4. The van der Waals surface area contributed by atoms with Gasteiger partial charge in [-0.05, 0) is 80.9 Å². The summed E-state index contributed by atoms with van der Waals surface area (Å²) in [5.41, 5.74) is 4.92. The number of methoxy groups -OCH3 is 1. The number of hydrogen-bond acceptors (Lipinski definition) is 4. The SMILES string of the molecule is COC(=O)C1=C(C)N(c2ccc(Cl)cc2)/C(=C/c2cc(C)n(-c3ccc(Cl)cc3Cl)c2C)C1=O. The molecule has 1 aromatic heterocycles. The Morgan fingerprint density at radius 1 is 0.941 bits per heavy atom. The molecule has 0 aliphatic carbocycles. The van der Waals surface area contributed by atoms with Crippen LogP contribution in [0.5, 0.6) is 0 Å². The molecule has 1 aliphatic heterocycles. The van der Waals surface area contributed by atoms with E-state index in [1.54, 1.807) is 54.3 Å². The van der Waals surface area contributed by atoms with Gasteiger partial charge >= 0.3 is 5.97 Å². The second-order valence-corrected chi connectivity index (χ2v) is 9.16. The van der Waals surface area contributed by atoms with E-state index in [0.29, 0.717) is 32.1 Å². The molecule has 0 amide bonds. The van der Waals surface area contributed by atoms with Crippen LogP contribution in [0.2, 0.25) is 15.1 Å². The smallest absolute Gasteiger partial charge is 0.343 e. The van der Waals surface area contributed by atoms with Crippen LogP contribution in [-0.4, -0.2) is 23.4 Å².